The fraction of sp³-hybridized carbons (Fsp3) is 0.909. The van der Waals surface area contributed by atoms with Gasteiger partial charge in [0.05, 0.1) is 6.04 Å². The van der Waals surface area contributed by atoms with Crippen LogP contribution in [0.1, 0.15) is 34.6 Å². The van der Waals surface area contributed by atoms with Gasteiger partial charge in [0.25, 0.3) is 0 Å². The minimum atomic E-state index is -0.115. The van der Waals surface area contributed by atoms with E-state index in [1.165, 1.54) is 0 Å². The van der Waals surface area contributed by atoms with Crippen LogP contribution in [0.15, 0.2) is 0 Å². The van der Waals surface area contributed by atoms with Gasteiger partial charge in [-0.25, -0.2) is 0 Å². The molecule has 0 radical (unpaired) electrons. The molecule has 0 aromatic carbocycles. The molecule has 0 aliphatic rings. The molecule has 0 rings (SSSR count). The summed E-state index contributed by atoms with van der Waals surface area (Å²) in [7, 11) is 0. The van der Waals surface area contributed by atoms with E-state index in [-0.39, 0.29) is 18.0 Å². The summed E-state index contributed by atoms with van der Waals surface area (Å²) in [4.78, 5) is 13.9. The molecule has 0 saturated carbocycles. The predicted octanol–water partition coefficient (Wildman–Crippen LogP) is 0.569. The highest BCUT2D eigenvalue weighted by atomic mass is 16.2. The first kappa shape index (κ1) is 14.4. The van der Waals surface area contributed by atoms with Crippen molar-refractivity contribution >= 4 is 5.91 Å². The molecular weight excluding hydrogens is 190 g/mol. The molecule has 0 aliphatic heterocycles. The van der Waals surface area contributed by atoms with Crippen LogP contribution in [0.5, 0.6) is 0 Å². The third-order valence-corrected chi connectivity index (χ3v) is 2.36. The summed E-state index contributed by atoms with van der Waals surface area (Å²) in [5.74, 6) is 0.0761. The van der Waals surface area contributed by atoms with E-state index in [9.17, 15) is 4.79 Å². The summed E-state index contributed by atoms with van der Waals surface area (Å²) in [6.07, 6.45) is 0. The van der Waals surface area contributed by atoms with Gasteiger partial charge in [0.15, 0.2) is 0 Å². The minimum absolute atomic E-state index is 0.0761. The van der Waals surface area contributed by atoms with Gasteiger partial charge in [-0.15, -0.1) is 0 Å². The minimum Gasteiger partial charge on any atom is -0.353 e. The zero-order valence-corrected chi connectivity index (χ0v) is 10.6. The van der Waals surface area contributed by atoms with Gasteiger partial charge in [-0.2, -0.15) is 0 Å². The lowest BCUT2D eigenvalue weighted by Crippen LogP contribution is -2.51. The Morgan fingerprint density at radius 3 is 2.13 bits per heavy atom. The molecule has 0 spiro atoms. The van der Waals surface area contributed by atoms with Crippen molar-refractivity contribution in [3.8, 4) is 0 Å². The summed E-state index contributed by atoms with van der Waals surface area (Å²) in [6, 6.07) is 0.407. The Morgan fingerprint density at radius 1 is 1.27 bits per heavy atom. The first-order valence-corrected chi connectivity index (χ1v) is 5.66. The molecule has 3 N–H and O–H groups in total. The van der Waals surface area contributed by atoms with E-state index in [0.717, 1.165) is 6.54 Å². The van der Waals surface area contributed by atoms with Crippen LogP contribution in [-0.4, -0.2) is 42.0 Å². The van der Waals surface area contributed by atoms with Crippen molar-refractivity contribution in [1.29, 1.82) is 0 Å². The van der Waals surface area contributed by atoms with Gasteiger partial charge in [0, 0.05) is 25.2 Å². The molecule has 0 aliphatic carbocycles. The number of carbonyl (C=O) groups is 1. The summed E-state index contributed by atoms with van der Waals surface area (Å²) < 4.78 is 0. The highest BCUT2D eigenvalue weighted by molar-refractivity contribution is 5.81. The summed E-state index contributed by atoms with van der Waals surface area (Å²) in [5, 5.41) is 2.91. The molecule has 0 fully saturated rings. The van der Waals surface area contributed by atoms with Crippen molar-refractivity contribution in [3.05, 3.63) is 0 Å². The van der Waals surface area contributed by atoms with E-state index >= 15 is 0 Å². The van der Waals surface area contributed by atoms with E-state index in [4.69, 9.17) is 5.73 Å². The number of nitrogens with zero attached hydrogens (tertiary/aromatic N) is 1. The van der Waals surface area contributed by atoms with E-state index in [0.29, 0.717) is 12.6 Å². The second-order valence-electron chi connectivity index (χ2n) is 4.46. The molecule has 0 saturated heterocycles. The Hall–Kier alpha value is -0.610. The maximum Gasteiger partial charge on any atom is 0.237 e. The van der Waals surface area contributed by atoms with Gasteiger partial charge in [-0.3, -0.25) is 9.69 Å². The second-order valence-corrected chi connectivity index (χ2v) is 4.46. The molecule has 1 atom stereocenters. The van der Waals surface area contributed by atoms with Gasteiger partial charge in [0.1, 0.15) is 0 Å². The number of nitrogens with one attached hydrogen (secondary N) is 1. The van der Waals surface area contributed by atoms with Crippen LogP contribution in [0.25, 0.3) is 0 Å². The van der Waals surface area contributed by atoms with Crippen molar-refractivity contribution in [3.63, 3.8) is 0 Å². The standard InChI is InChI=1S/C11H25N3O/c1-8(2)13-11(15)10(5)14(7-6-12)9(3)4/h8-10H,6-7,12H2,1-5H3,(H,13,15). The lowest BCUT2D eigenvalue weighted by molar-refractivity contribution is -0.127. The molecular formula is C11H25N3O. The molecule has 90 valence electrons. The van der Waals surface area contributed by atoms with Crippen LogP contribution >= 0.6 is 0 Å². The Kier molecular flexibility index (Phi) is 6.52. The van der Waals surface area contributed by atoms with Crippen molar-refractivity contribution < 1.29 is 4.79 Å². The number of rotatable bonds is 6. The summed E-state index contributed by atoms with van der Waals surface area (Å²) in [5.41, 5.74) is 5.53. The number of hydrogen-bond donors (Lipinski definition) is 2. The monoisotopic (exact) mass is 215 g/mol. The normalized spacial score (nSPS) is 13.7. The fourth-order valence-corrected chi connectivity index (χ4v) is 1.60. The molecule has 4 heteroatoms. The van der Waals surface area contributed by atoms with Crippen molar-refractivity contribution in [2.75, 3.05) is 13.1 Å². The molecule has 4 nitrogen and oxygen atoms in total. The second kappa shape index (κ2) is 6.80. The smallest absolute Gasteiger partial charge is 0.237 e. The third kappa shape index (κ3) is 5.14. The summed E-state index contributed by atoms with van der Waals surface area (Å²) >= 11 is 0. The van der Waals surface area contributed by atoms with Gasteiger partial charge >= 0.3 is 0 Å². The van der Waals surface area contributed by atoms with Crippen LogP contribution in [-0.2, 0) is 4.79 Å². The van der Waals surface area contributed by atoms with Crippen LogP contribution in [0, 0.1) is 0 Å². The van der Waals surface area contributed by atoms with E-state index in [1.54, 1.807) is 0 Å². The van der Waals surface area contributed by atoms with Crippen LogP contribution in [0.3, 0.4) is 0 Å². The molecule has 0 bridgehead atoms. The van der Waals surface area contributed by atoms with Crippen LogP contribution < -0.4 is 11.1 Å². The quantitative estimate of drug-likeness (QED) is 0.681. The molecule has 0 aromatic heterocycles. The number of carbonyl (C=O) groups excluding carboxylic acids is 1. The van der Waals surface area contributed by atoms with Crippen LogP contribution in [0.4, 0.5) is 0 Å². The van der Waals surface area contributed by atoms with Gasteiger partial charge < -0.3 is 11.1 Å². The Morgan fingerprint density at radius 2 is 1.80 bits per heavy atom. The highest BCUT2D eigenvalue weighted by Gasteiger charge is 2.22. The first-order valence-electron chi connectivity index (χ1n) is 5.66. The largest absolute Gasteiger partial charge is 0.353 e. The van der Waals surface area contributed by atoms with Crippen molar-refractivity contribution in [2.45, 2.75) is 52.7 Å². The first-order chi connectivity index (χ1) is 6.90. The van der Waals surface area contributed by atoms with Gasteiger partial charge in [-0.1, -0.05) is 0 Å². The number of amides is 1. The molecule has 0 heterocycles. The Labute approximate surface area is 93.2 Å². The summed E-state index contributed by atoms with van der Waals surface area (Å²) in [6.45, 7) is 11.3. The topological polar surface area (TPSA) is 58.4 Å². The van der Waals surface area contributed by atoms with E-state index < -0.39 is 0 Å². The molecule has 15 heavy (non-hydrogen) atoms. The maximum atomic E-state index is 11.8. The maximum absolute atomic E-state index is 11.8. The number of nitrogens with two attached hydrogens (primary N) is 1. The Balaban J connectivity index is 4.35. The van der Waals surface area contributed by atoms with E-state index in [1.807, 2.05) is 20.8 Å². The van der Waals surface area contributed by atoms with E-state index in [2.05, 4.69) is 24.1 Å². The van der Waals surface area contributed by atoms with Gasteiger partial charge in [0.2, 0.25) is 5.91 Å². The predicted molar refractivity (Wildman–Crippen MR) is 63.6 cm³/mol. The third-order valence-electron chi connectivity index (χ3n) is 2.36. The molecule has 1 unspecified atom stereocenters. The molecule has 0 aromatic rings. The average Bonchev–Trinajstić information content (AvgIpc) is 2.11. The zero-order chi connectivity index (χ0) is 12.0. The number of hydrogen-bond acceptors (Lipinski definition) is 3. The lowest BCUT2D eigenvalue weighted by Gasteiger charge is -2.31. The SMILES string of the molecule is CC(C)NC(=O)C(C)N(CCN)C(C)C. The van der Waals surface area contributed by atoms with Crippen molar-refractivity contribution in [1.82, 2.24) is 10.2 Å². The Bertz CT molecular complexity index is 192. The zero-order valence-electron chi connectivity index (χ0n) is 10.6. The van der Waals surface area contributed by atoms with Crippen molar-refractivity contribution in [2.24, 2.45) is 5.73 Å². The average molecular weight is 215 g/mol. The van der Waals surface area contributed by atoms with Gasteiger partial charge in [-0.05, 0) is 34.6 Å². The lowest BCUT2D eigenvalue weighted by atomic mass is 10.2. The molecule has 1 amide bonds. The van der Waals surface area contributed by atoms with Crippen LogP contribution in [0.2, 0.25) is 0 Å². The highest BCUT2D eigenvalue weighted by Crippen LogP contribution is 2.05. The fourth-order valence-electron chi connectivity index (χ4n) is 1.60.